The first-order valence-electron chi connectivity index (χ1n) is 3.97. The Bertz CT molecular complexity index is 323. The maximum absolute atomic E-state index is 5.78. The Morgan fingerprint density at radius 2 is 2.25 bits per heavy atom. The zero-order chi connectivity index (χ0) is 8.72. The minimum Gasteiger partial charge on any atom is -0.491 e. The third kappa shape index (κ3) is 0.940. The number of benzene rings is 1. The van der Waals surface area contributed by atoms with Gasteiger partial charge in [0, 0.05) is 11.3 Å². The van der Waals surface area contributed by atoms with Crippen molar-refractivity contribution in [3.63, 3.8) is 0 Å². The highest BCUT2D eigenvalue weighted by Crippen LogP contribution is 2.33. The Morgan fingerprint density at radius 1 is 1.50 bits per heavy atom. The standard InChI is InChI=1S/C9H12N2O/c1-5-2-9-6(3-7(5)10)8(11)4-12-9/h2-3,8H,4,10-11H2,1H3/t8-/m0/s1. The van der Waals surface area contributed by atoms with E-state index < -0.39 is 0 Å². The monoisotopic (exact) mass is 164 g/mol. The molecule has 0 bridgehead atoms. The first-order chi connectivity index (χ1) is 5.68. The van der Waals surface area contributed by atoms with Gasteiger partial charge in [-0.25, -0.2) is 0 Å². The highest BCUT2D eigenvalue weighted by molar-refractivity contribution is 5.56. The molecule has 0 aliphatic carbocycles. The number of nitrogen functional groups attached to an aromatic ring is 1. The van der Waals surface area contributed by atoms with Gasteiger partial charge in [-0.1, -0.05) is 0 Å². The van der Waals surface area contributed by atoms with Crippen LogP contribution in [0.4, 0.5) is 5.69 Å². The van der Waals surface area contributed by atoms with Crippen LogP contribution in [0.1, 0.15) is 17.2 Å². The molecule has 1 heterocycles. The first-order valence-corrected chi connectivity index (χ1v) is 3.97. The molecule has 64 valence electrons. The molecule has 1 aromatic rings. The van der Waals surface area contributed by atoms with Crippen LogP contribution in [0.3, 0.4) is 0 Å². The summed E-state index contributed by atoms with van der Waals surface area (Å²) < 4.78 is 5.37. The molecular formula is C9H12N2O. The zero-order valence-corrected chi connectivity index (χ0v) is 7.00. The van der Waals surface area contributed by atoms with E-state index in [9.17, 15) is 0 Å². The molecule has 1 aliphatic rings. The van der Waals surface area contributed by atoms with E-state index in [-0.39, 0.29) is 6.04 Å². The normalized spacial score (nSPS) is 20.3. The van der Waals surface area contributed by atoms with E-state index in [4.69, 9.17) is 16.2 Å². The van der Waals surface area contributed by atoms with Gasteiger partial charge in [-0.15, -0.1) is 0 Å². The van der Waals surface area contributed by atoms with Gasteiger partial charge in [-0.2, -0.15) is 0 Å². The van der Waals surface area contributed by atoms with Crippen LogP contribution in [0.25, 0.3) is 0 Å². The lowest BCUT2D eigenvalue weighted by Gasteiger charge is -2.04. The SMILES string of the molecule is Cc1cc2c(cc1N)[C@@H](N)CO2. The molecule has 0 fully saturated rings. The van der Waals surface area contributed by atoms with Gasteiger partial charge in [0.15, 0.2) is 0 Å². The summed E-state index contributed by atoms with van der Waals surface area (Å²) in [6.07, 6.45) is 0. The van der Waals surface area contributed by atoms with Crippen molar-refractivity contribution >= 4 is 5.69 Å². The smallest absolute Gasteiger partial charge is 0.124 e. The molecule has 3 heteroatoms. The van der Waals surface area contributed by atoms with Crippen LogP contribution in [-0.4, -0.2) is 6.61 Å². The molecule has 3 nitrogen and oxygen atoms in total. The van der Waals surface area contributed by atoms with E-state index in [0.717, 1.165) is 22.6 Å². The fourth-order valence-electron chi connectivity index (χ4n) is 1.40. The van der Waals surface area contributed by atoms with Crippen molar-refractivity contribution in [2.75, 3.05) is 12.3 Å². The summed E-state index contributed by atoms with van der Waals surface area (Å²) in [5, 5.41) is 0. The van der Waals surface area contributed by atoms with Crippen LogP contribution < -0.4 is 16.2 Å². The van der Waals surface area contributed by atoms with Gasteiger partial charge in [-0.05, 0) is 24.6 Å². The van der Waals surface area contributed by atoms with E-state index in [1.165, 1.54) is 0 Å². The van der Waals surface area contributed by atoms with Crippen LogP contribution in [0.5, 0.6) is 5.75 Å². The molecule has 1 aliphatic heterocycles. The topological polar surface area (TPSA) is 61.3 Å². The minimum atomic E-state index is -0.0112. The Kier molecular flexibility index (Phi) is 1.48. The molecule has 0 aromatic heterocycles. The summed E-state index contributed by atoms with van der Waals surface area (Å²) in [5.41, 5.74) is 14.4. The molecule has 12 heavy (non-hydrogen) atoms. The highest BCUT2D eigenvalue weighted by atomic mass is 16.5. The number of rotatable bonds is 0. The number of hydrogen-bond donors (Lipinski definition) is 2. The quantitative estimate of drug-likeness (QED) is 0.562. The Labute approximate surface area is 71.3 Å². The van der Waals surface area contributed by atoms with Gasteiger partial charge in [0.25, 0.3) is 0 Å². The Balaban J connectivity index is 2.56. The van der Waals surface area contributed by atoms with E-state index >= 15 is 0 Å². The maximum atomic E-state index is 5.78. The van der Waals surface area contributed by atoms with Crippen LogP contribution >= 0.6 is 0 Å². The van der Waals surface area contributed by atoms with Crippen LogP contribution in [0.2, 0.25) is 0 Å². The first kappa shape index (κ1) is 7.43. The summed E-state index contributed by atoms with van der Waals surface area (Å²) in [6, 6.07) is 3.84. The van der Waals surface area contributed by atoms with E-state index in [2.05, 4.69) is 0 Å². The number of aryl methyl sites for hydroxylation is 1. The molecule has 4 N–H and O–H groups in total. The molecule has 2 rings (SSSR count). The molecule has 0 unspecified atom stereocenters. The lowest BCUT2D eigenvalue weighted by Crippen LogP contribution is -2.10. The van der Waals surface area contributed by atoms with Crippen LogP contribution in [0.15, 0.2) is 12.1 Å². The molecule has 0 radical (unpaired) electrons. The lowest BCUT2D eigenvalue weighted by molar-refractivity contribution is 0.333. The average molecular weight is 164 g/mol. The zero-order valence-electron chi connectivity index (χ0n) is 7.00. The van der Waals surface area contributed by atoms with Gasteiger partial charge >= 0.3 is 0 Å². The molecule has 1 aromatic carbocycles. The van der Waals surface area contributed by atoms with Crippen molar-refractivity contribution < 1.29 is 4.74 Å². The Hall–Kier alpha value is -1.22. The molecular weight excluding hydrogens is 152 g/mol. The van der Waals surface area contributed by atoms with Gasteiger partial charge < -0.3 is 16.2 Å². The predicted octanol–water partition coefficient (Wildman–Crippen LogP) is 0.969. The number of anilines is 1. The predicted molar refractivity (Wildman–Crippen MR) is 48.0 cm³/mol. The summed E-state index contributed by atoms with van der Waals surface area (Å²) in [5.74, 6) is 0.884. The number of nitrogens with two attached hydrogens (primary N) is 2. The third-order valence-electron chi connectivity index (χ3n) is 2.22. The second-order valence-electron chi connectivity index (χ2n) is 3.16. The fourth-order valence-corrected chi connectivity index (χ4v) is 1.40. The molecule has 0 saturated carbocycles. The summed E-state index contributed by atoms with van der Waals surface area (Å²) in [7, 11) is 0. The Morgan fingerprint density at radius 3 is 3.00 bits per heavy atom. The number of hydrogen-bond acceptors (Lipinski definition) is 3. The van der Waals surface area contributed by atoms with Crippen LogP contribution in [0, 0.1) is 6.92 Å². The summed E-state index contributed by atoms with van der Waals surface area (Å²) in [4.78, 5) is 0. The van der Waals surface area contributed by atoms with Crippen molar-refractivity contribution in [1.82, 2.24) is 0 Å². The van der Waals surface area contributed by atoms with Crippen molar-refractivity contribution in [3.05, 3.63) is 23.3 Å². The summed E-state index contributed by atoms with van der Waals surface area (Å²) >= 11 is 0. The van der Waals surface area contributed by atoms with E-state index in [1.807, 2.05) is 19.1 Å². The summed E-state index contributed by atoms with van der Waals surface area (Å²) in [6.45, 7) is 2.53. The van der Waals surface area contributed by atoms with E-state index in [1.54, 1.807) is 0 Å². The highest BCUT2D eigenvalue weighted by Gasteiger charge is 2.21. The van der Waals surface area contributed by atoms with Crippen molar-refractivity contribution in [2.45, 2.75) is 13.0 Å². The van der Waals surface area contributed by atoms with E-state index in [0.29, 0.717) is 6.61 Å². The van der Waals surface area contributed by atoms with Gasteiger partial charge in [0.2, 0.25) is 0 Å². The van der Waals surface area contributed by atoms with Crippen molar-refractivity contribution in [3.8, 4) is 5.75 Å². The second kappa shape index (κ2) is 2.38. The second-order valence-corrected chi connectivity index (χ2v) is 3.16. The maximum Gasteiger partial charge on any atom is 0.124 e. The third-order valence-corrected chi connectivity index (χ3v) is 2.22. The molecule has 0 saturated heterocycles. The van der Waals surface area contributed by atoms with Gasteiger partial charge in [-0.3, -0.25) is 0 Å². The molecule has 1 atom stereocenters. The largest absolute Gasteiger partial charge is 0.491 e. The van der Waals surface area contributed by atoms with Crippen molar-refractivity contribution in [2.24, 2.45) is 5.73 Å². The molecule has 0 spiro atoms. The number of fused-ring (bicyclic) bond motifs is 1. The van der Waals surface area contributed by atoms with Crippen LogP contribution in [-0.2, 0) is 0 Å². The molecule has 0 amide bonds. The van der Waals surface area contributed by atoms with Crippen molar-refractivity contribution in [1.29, 1.82) is 0 Å². The number of ether oxygens (including phenoxy) is 1. The minimum absolute atomic E-state index is 0.0112. The van der Waals surface area contributed by atoms with Gasteiger partial charge in [0.1, 0.15) is 12.4 Å². The fraction of sp³-hybridized carbons (Fsp3) is 0.333. The van der Waals surface area contributed by atoms with Gasteiger partial charge in [0.05, 0.1) is 6.04 Å². The average Bonchev–Trinajstić information content (AvgIpc) is 2.35. The lowest BCUT2D eigenvalue weighted by atomic mass is 10.1.